The van der Waals surface area contributed by atoms with E-state index in [1.807, 2.05) is 13.0 Å². The molecule has 1 heteroatoms. The lowest BCUT2D eigenvalue weighted by Crippen LogP contribution is -1.87. The van der Waals surface area contributed by atoms with E-state index in [-0.39, 0.29) is 0 Å². The molecule has 2 aliphatic rings. The average Bonchev–Trinajstić information content (AvgIpc) is 2.35. The summed E-state index contributed by atoms with van der Waals surface area (Å²) in [6, 6.07) is 0. The Balaban J connectivity index is 2.58. The first kappa shape index (κ1) is 5.66. The van der Waals surface area contributed by atoms with Crippen LogP contribution in [0, 0.1) is 6.08 Å². The standard InChI is InChI=1S/C9H8N/c1-6-3-4-9-8(6)5-7(2)10-9/h3-4H,1-2H3. The minimum Gasteiger partial charge on any atom is -0.252 e. The number of hydrogen-bond acceptors (Lipinski definition) is 1. The molecule has 0 saturated heterocycles. The Labute approximate surface area is 60.5 Å². The molecule has 1 heterocycles. The molecule has 2 rings (SSSR count). The number of rotatable bonds is 0. The van der Waals surface area contributed by atoms with Crippen LogP contribution < -0.4 is 0 Å². The van der Waals surface area contributed by atoms with Crippen molar-refractivity contribution in [1.29, 1.82) is 0 Å². The van der Waals surface area contributed by atoms with Crippen LogP contribution in [0.1, 0.15) is 13.8 Å². The van der Waals surface area contributed by atoms with Gasteiger partial charge in [-0.3, -0.25) is 4.99 Å². The Kier molecular flexibility index (Phi) is 0.956. The van der Waals surface area contributed by atoms with E-state index < -0.39 is 0 Å². The van der Waals surface area contributed by atoms with Crippen molar-refractivity contribution in [1.82, 2.24) is 0 Å². The van der Waals surface area contributed by atoms with Crippen LogP contribution in [0.25, 0.3) is 0 Å². The zero-order valence-corrected chi connectivity index (χ0v) is 6.10. The third-order valence-electron chi connectivity index (χ3n) is 1.74. The molecule has 1 aliphatic heterocycles. The Hall–Kier alpha value is -1.11. The Morgan fingerprint density at radius 1 is 1.30 bits per heavy atom. The molecule has 0 fully saturated rings. The van der Waals surface area contributed by atoms with E-state index in [1.54, 1.807) is 0 Å². The van der Waals surface area contributed by atoms with Crippen molar-refractivity contribution in [2.45, 2.75) is 13.8 Å². The normalized spacial score (nSPS) is 21.4. The lowest BCUT2D eigenvalue weighted by atomic mass is 10.1. The van der Waals surface area contributed by atoms with Crippen LogP contribution in [-0.4, -0.2) is 5.71 Å². The Bertz CT molecular complexity index is 301. The lowest BCUT2D eigenvalue weighted by molar-refractivity contribution is 1.32. The van der Waals surface area contributed by atoms with E-state index in [4.69, 9.17) is 0 Å². The molecular formula is C9H8N. The average molecular weight is 130 g/mol. The molecule has 0 unspecified atom stereocenters. The number of hydrogen-bond donors (Lipinski definition) is 0. The van der Waals surface area contributed by atoms with Crippen molar-refractivity contribution >= 4 is 5.71 Å². The predicted molar refractivity (Wildman–Crippen MR) is 41.7 cm³/mol. The maximum Gasteiger partial charge on any atom is 0.0715 e. The summed E-state index contributed by atoms with van der Waals surface area (Å²) in [7, 11) is 0. The molecule has 0 aromatic heterocycles. The monoisotopic (exact) mass is 130 g/mol. The molecule has 0 aromatic rings. The zero-order valence-electron chi connectivity index (χ0n) is 6.10. The van der Waals surface area contributed by atoms with Gasteiger partial charge in [-0.05, 0) is 25.5 Å². The van der Waals surface area contributed by atoms with Crippen LogP contribution >= 0.6 is 0 Å². The SMILES string of the molecule is CC1=[C]C2=C(C)C=CC2=N1. The first-order chi connectivity index (χ1) is 4.77. The maximum atomic E-state index is 4.28. The zero-order chi connectivity index (χ0) is 7.14. The second-order valence-electron chi connectivity index (χ2n) is 2.60. The summed E-state index contributed by atoms with van der Waals surface area (Å²) in [6.07, 6.45) is 7.31. The highest BCUT2D eigenvalue weighted by Crippen LogP contribution is 2.24. The summed E-state index contributed by atoms with van der Waals surface area (Å²) in [5.74, 6) is 0. The predicted octanol–water partition coefficient (Wildman–Crippen LogP) is 2.03. The third kappa shape index (κ3) is 0.604. The molecule has 0 amide bonds. The van der Waals surface area contributed by atoms with Crippen molar-refractivity contribution in [2.24, 2.45) is 4.99 Å². The van der Waals surface area contributed by atoms with E-state index >= 15 is 0 Å². The van der Waals surface area contributed by atoms with E-state index in [0.717, 1.165) is 11.4 Å². The molecule has 1 nitrogen and oxygen atoms in total. The van der Waals surface area contributed by atoms with Crippen LogP contribution in [0.4, 0.5) is 0 Å². The van der Waals surface area contributed by atoms with Crippen LogP contribution in [-0.2, 0) is 0 Å². The second-order valence-corrected chi connectivity index (χ2v) is 2.60. The summed E-state index contributed by atoms with van der Waals surface area (Å²) in [5, 5.41) is 0. The number of fused-ring (bicyclic) bond motifs is 1. The van der Waals surface area contributed by atoms with Gasteiger partial charge in [-0.2, -0.15) is 0 Å². The van der Waals surface area contributed by atoms with Crippen molar-refractivity contribution in [3.05, 3.63) is 35.1 Å². The van der Waals surface area contributed by atoms with Gasteiger partial charge in [0.05, 0.1) is 5.71 Å². The van der Waals surface area contributed by atoms with E-state index in [1.165, 1.54) is 11.1 Å². The summed E-state index contributed by atoms with van der Waals surface area (Å²) >= 11 is 0. The molecule has 10 heavy (non-hydrogen) atoms. The van der Waals surface area contributed by atoms with Crippen molar-refractivity contribution in [3.8, 4) is 0 Å². The summed E-state index contributed by atoms with van der Waals surface area (Å²) in [5.41, 5.74) is 4.52. The van der Waals surface area contributed by atoms with E-state index in [2.05, 4.69) is 24.1 Å². The maximum absolute atomic E-state index is 4.28. The van der Waals surface area contributed by atoms with Crippen molar-refractivity contribution < 1.29 is 0 Å². The molecule has 0 N–H and O–H groups in total. The molecule has 0 aromatic carbocycles. The van der Waals surface area contributed by atoms with Gasteiger partial charge in [-0.25, -0.2) is 0 Å². The van der Waals surface area contributed by atoms with Crippen molar-refractivity contribution in [2.75, 3.05) is 0 Å². The quantitative estimate of drug-likeness (QED) is 0.475. The topological polar surface area (TPSA) is 12.4 Å². The van der Waals surface area contributed by atoms with Crippen LogP contribution in [0.5, 0.6) is 0 Å². The first-order valence-electron chi connectivity index (χ1n) is 3.36. The number of allylic oxidation sites excluding steroid dienone is 6. The van der Waals surface area contributed by atoms with Gasteiger partial charge >= 0.3 is 0 Å². The lowest BCUT2D eigenvalue weighted by Gasteiger charge is -1.88. The fourth-order valence-corrected chi connectivity index (χ4v) is 1.22. The van der Waals surface area contributed by atoms with Crippen LogP contribution in [0.15, 0.2) is 34.0 Å². The fourth-order valence-electron chi connectivity index (χ4n) is 1.22. The largest absolute Gasteiger partial charge is 0.252 e. The highest BCUT2D eigenvalue weighted by molar-refractivity contribution is 6.15. The van der Waals surface area contributed by atoms with Gasteiger partial charge in [0.15, 0.2) is 0 Å². The summed E-state index contributed by atoms with van der Waals surface area (Å²) in [4.78, 5) is 4.28. The minimum absolute atomic E-state index is 0.994. The van der Waals surface area contributed by atoms with Gasteiger partial charge < -0.3 is 0 Å². The van der Waals surface area contributed by atoms with Gasteiger partial charge in [0, 0.05) is 17.3 Å². The van der Waals surface area contributed by atoms with E-state index in [9.17, 15) is 0 Å². The summed E-state index contributed by atoms with van der Waals surface area (Å²) in [6.45, 7) is 4.05. The van der Waals surface area contributed by atoms with Gasteiger partial charge in [-0.1, -0.05) is 6.08 Å². The minimum atomic E-state index is 0.994. The van der Waals surface area contributed by atoms with Gasteiger partial charge in [0.2, 0.25) is 0 Å². The Morgan fingerprint density at radius 3 is 2.80 bits per heavy atom. The van der Waals surface area contributed by atoms with E-state index in [0.29, 0.717) is 0 Å². The third-order valence-corrected chi connectivity index (χ3v) is 1.74. The molecule has 0 spiro atoms. The molecule has 49 valence electrons. The second kappa shape index (κ2) is 1.69. The van der Waals surface area contributed by atoms with Crippen LogP contribution in [0.2, 0.25) is 0 Å². The molecule has 0 atom stereocenters. The molecule has 0 saturated carbocycles. The Morgan fingerprint density at radius 2 is 2.10 bits per heavy atom. The van der Waals surface area contributed by atoms with Gasteiger partial charge in [0.1, 0.15) is 0 Å². The number of aliphatic imine (C=N–C) groups is 1. The van der Waals surface area contributed by atoms with Crippen LogP contribution in [0.3, 0.4) is 0 Å². The molecule has 1 aliphatic carbocycles. The van der Waals surface area contributed by atoms with Crippen molar-refractivity contribution in [3.63, 3.8) is 0 Å². The number of nitrogens with zero attached hydrogens (tertiary/aromatic N) is 1. The molecule has 1 radical (unpaired) electrons. The molecule has 0 bridgehead atoms. The smallest absolute Gasteiger partial charge is 0.0715 e. The summed E-state index contributed by atoms with van der Waals surface area (Å²) < 4.78 is 0. The van der Waals surface area contributed by atoms with Gasteiger partial charge in [-0.15, -0.1) is 0 Å². The first-order valence-corrected chi connectivity index (χ1v) is 3.36. The molecular weight excluding hydrogens is 122 g/mol. The highest BCUT2D eigenvalue weighted by atomic mass is 14.8. The van der Waals surface area contributed by atoms with Gasteiger partial charge in [0.25, 0.3) is 0 Å². The fraction of sp³-hybridized carbons (Fsp3) is 0.222. The highest BCUT2D eigenvalue weighted by Gasteiger charge is 2.15.